The highest BCUT2D eigenvalue weighted by molar-refractivity contribution is 6.40. The van der Waals surface area contributed by atoms with Crippen molar-refractivity contribution in [2.24, 2.45) is 0 Å². The Morgan fingerprint density at radius 1 is 1.06 bits per heavy atom. The van der Waals surface area contributed by atoms with Crippen LogP contribution in [0, 0.1) is 0 Å². The van der Waals surface area contributed by atoms with Gasteiger partial charge in [0, 0.05) is 25.5 Å². The minimum atomic E-state index is -4.68. The van der Waals surface area contributed by atoms with Crippen LogP contribution in [0.25, 0.3) is 11.0 Å². The zero-order chi connectivity index (χ0) is 22.2. The van der Waals surface area contributed by atoms with Gasteiger partial charge in [-0.2, -0.15) is 13.2 Å². The van der Waals surface area contributed by atoms with E-state index in [0.29, 0.717) is 0 Å². The second-order valence-electron chi connectivity index (χ2n) is 6.61. The zero-order valence-corrected chi connectivity index (χ0v) is 17.2. The largest absolute Gasteiger partial charge is 0.449 e. The van der Waals surface area contributed by atoms with Gasteiger partial charge in [0.1, 0.15) is 5.52 Å². The molecule has 4 aromatic rings. The summed E-state index contributed by atoms with van der Waals surface area (Å²) >= 11 is 12.1. The molecule has 1 N–H and O–H groups in total. The lowest BCUT2D eigenvalue weighted by Crippen LogP contribution is -2.17. The van der Waals surface area contributed by atoms with Crippen molar-refractivity contribution < 1.29 is 18.0 Å². The Morgan fingerprint density at radius 2 is 1.77 bits per heavy atom. The van der Waals surface area contributed by atoms with Crippen molar-refractivity contribution in [3.8, 4) is 0 Å². The molecular weight excluding hydrogens is 454 g/mol. The van der Waals surface area contributed by atoms with E-state index < -0.39 is 17.9 Å². The van der Waals surface area contributed by atoms with Gasteiger partial charge in [-0.05, 0) is 24.3 Å². The predicted octanol–water partition coefficient (Wildman–Crippen LogP) is 5.51. The molecule has 1 amide bonds. The third kappa shape index (κ3) is 4.24. The maximum absolute atomic E-state index is 13.7. The number of hydrogen-bond donors (Lipinski definition) is 1. The lowest BCUT2D eigenvalue weighted by Gasteiger charge is -2.12. The van der Waals surface area contributed by atoms with Crippen LogP contribution >= 0.6 is 23.2 Å². The Morgan fingerprint density at radius 3 is 2.42 bits per heavy atom. The van der Waals surface area contributed by atoms with E-state index >= 15 is 0 Å². The summed E-state index contributed by atoms with van der Waals surface area (Å²) in [6, 6.07) is 9.11. The van der Waals surface area contributed by atoms with Crippen LogP contribution in [0.4, 0.5) is 18.9 Å². The van der Waals surface area contributed by atoms with Crippen molar-refractivity contribution in [1.29, 1.82) is 0 Å². The number of amides is 1. The van der Waals surface area contributed by atoms with Crippen molar-refractivity contribution in [2.45, 2.75) is 19.3 Å². The highest BCUT2D eigenvalue weighted by atomic mass is 35.5. The molecule has 2 heterocycles. The number of carbonyl (C=O) groups is 1. The number of alkyl halides is 3. The number of hydrogen-bond acceptors (Lipinski definition) is 3. The predicted molar refractivity (Wildman–Crippen MR) is 111 cm³/mol. The molecule has 11 heteroatoms. The highest BCUT2D eigenvalue weighted by Crippen LogP contribution is 2.34. The smallest absolute Gasteiger partial charge is 0.336 e. The Bertz CT molecular complexity index is 1230. The van der Waals surface area contributed by atoms with E-state index in [2.05, 4.69) is 15.3 Å². The van der Waals surface area contributed by atoms with Crippen LogP contribution in [0.15, 0.2) is 55.1 Å². The first-order valence-electron chi connectivity index (χ1n) is 9.03. The first-order chi connectivity index (χ1) is 14.8. The molecule has 0 bridgehead atoms. The van der Waals surface area contributed by atoms with Crippen LogP contribution in [-0.2, 0) is 19.3 Å². The van der Waals surface area contributed by atoms with Crippen LogP contribution in [0.3, 0.4) is 0 Å². The van der Waals surface area contributed by atoms with E-state index in [0.717, 1.165) is 4.57 Å². The summed E-state index contributed by atoms with van der Waals surface area (Å²) in [5.41, 5.74) is 0.385. The van der Waals surface area contributed by atoms with Gasteiger partial charge < -0.3 is 14.5 Å². The van der Waals surface area contributed by atoms with Gasteiger partial charge in [0.2, 0.25) is 5.82 Å². The summed E-state index contributed by atoms with van der Waals surface area (Å²) in [6.07, 6.45) is 0.0439. The first-order valence-corrected chi connectivity index (χ1v) is 9.79. The second-order valence-corrected chi connectivity index (χ2v) is 7.42. The average Bonchev–Trinajstić information content (AvgIpc) is 3.34. The molecule has 0 saturated carbocycles. The second kappa shape index (κ2) is 8.24. The molecule has 0 aliphatic carbocycles. The van der Waals surface area contributed by atoms with Crippen molar-refractivity contribution in [3.63, 3.8) is 0 Å². The van der Waals surface area contributed by atoms with Gasteiger partial charge in [-0.3, -0.25) is 4.79 Å². The molecule has 0 aliphatic rings. The number of halogens is 5. The zero-order valence-electron chi connectivity index (χ0n) is 15.7. The Balaban J connectivity index is 1.75. The molecule has 0 aliphatic heterocycles. The van der Waals surface area contributed by atoms with Crippen LogP contribution in [0.5, 0.6) is 0 Å². The first kappa shape index (κ1) is 21.2. The average molecular weight is 468 g/mol. The Kier molecular flexibility index (Phi) is 5.63. The van der Waals surface area contributed by atoms with Crippen molar-refractivity contribution in [2.75, 3.05) is 5.32 Å². The lowest BCUT2D eigenvalue weighted by molar-refractivity contribution is -0.147. The molecule has 31 heavy (non-hydrogen) atoms. The highest BCUT2D eigenvalue weighted by Gasteiger charge is 2.38. The fraction of sp³-hybridized carbons (Fsp3) is 0.150. The third-order valence-electron chi connectivity index (χ3n) is 4.61. The van der Waals surface area contributed by atoms with Crippen LogP contribution in [0.2, 0.25) is 10.0 Å². The van der Waals surface area contributed by atoms with E-state index in [4.69, 9.17) is 23.2 Å². The van der Waals surface area contributed by atoms with E-state index in [-0.39, 0.29) is 45.4 Å². The summed E-state index contributed by atoms with van der Waals surface area (Å²) in [4.78, 5) is 20.4. The maximum Gasteiger partial charge on any atom is 0.449 e. The molecule has 0 atom stereocenters. The number of imidazole rings is 2. The third-order valence-corrected chi connectivity index (χ3v) is 5.24. The van der Waals surface area contributed by atoms with Gasteiger partial charge in [-0.1, -0.05) is 35.3 Å². The molecule has 6 nitrogen and oxygen atoms in total. The van der Waals surface area contributed by atoms with Crippen molar-refractivity contribution in [1.82, 2.24) is 19.1 Å². The summed E-state index contributed by atoms with van der Waals surface area (Å²) in [5, 5.41) is 2.83. The van der Waals surface area contributed by atoms with E-state index in [1.54, 1.807) is 29.1 Å². The number of rotatable bonds is 5. The molecule has 0 fully saturated rings. The van der Waals surface area contributed by atoms with Gasteiger partial charge in [0.25, 0.3) is 5.91 Å². The summed E-state index contributed by atoms with van der Waals surface area (Å²) < 4.78 is 43.8. The number of nitrogens with one attached hydrogen (secondary N) is 1. The summed E-state index contributed by atoms with van der Waals surface area (Å²) in [6.45, 7) is 0.274. The molecule has 2 aromatic carbocycles. The Hall–Kier alpha value is -3.04. The molecule has 160 valence electrons. The van der Waals surface area contributed by atoms with Crippen LogP contribution in [-0.4, -0.2) is 25.0 Å². The van der Waals surface area contributed by atoms with Gasteiger partial charge in [0.15, 0.2) is 0 Å². The number of fused-ring (bicyclic) bond motifs is 1. The van der Waals surface area contributed by atoms with Crippen molar-refractivity contribution >= 4 is 45.8 Å². The van der Waals surface area contributed by atoms with Gasteiger partial charge in [-0.25, -0.2) is 9.97 Å². The topological polar surface area (TPSA) is 64.7 Å². The number of aryl methyl sites for hydroxylation is 2. The number of anilines is 1. The van der Waals surface area contributed by atoms with E-state index in [9.17, 15) is 18.0 Å². The fourth-order valence-corrected chi connectivity index (χ4v) is 3.79. The molecule has 2 aromatic heterocycles. The Labute approximate surface area is 184 Å². The van der Waals surface area contributed by atoms with Crippen LogP contribution < -0.4 is 5.32 Å². The molecular formula is C20H14Cl2F3N5O. The molecule has 0 radical (unpaired) electrons. The van der Waals surface area contributed by atoms with Crippen LogP contribution in [0.1, 0.15) is 16.2 Å². The van der Waals surface area contributed by atoms with Gasteiger partial charge in [-0.15, -0.1) is 0 Å². The monoisotopic (exact) mass is 467 g/mol. The quantitative estimate of drug-likeness (QED) is 0.420. The number of para-hydroxylation sites is 1. The minimum absolute atomic E-state index is 0.00937. The minimum Gasteiger partial charge on any atom is -0.336 e. The number of carbonyl (C=O) groups excluding carboxylic acids is 1. The summed E-state index contributed by atoms with van der Waals surface area (Å²) in [7, 11) is 0. The molecule has 4 rings (SSSR count). The number of nitrogens with zero attached hydrogens (tertiary/aromatic N) is 4. The molecule has 0 spiro atoms. The lowest BCUT2D eigenvalue weighted by atomic mass is 10.2. The fourth-order valence-electron chi connectivity index (χ4n) is 3.22. The normalized spacial score (nSPS) is 11.8. The van der Waals surface area contributed by atoms with E-state index in [1.165, 1.54) is 30.6 Å². The van der Waals surface area contributed by atoms with Crippen molar-refractivity contribution in [3.05, 3.63) is 76.6 Å². The maximum atomic E-state index is 13.7. The van der Waals surface area contributed by atoms with E-state index in [1.807, 2.05) is 0 Å². The standard InChI is InChI=1S/C20H14Cl2F3N5O/c21-12-3-1-4-13(22)16(12)18(31)27-14-5-2-6-15-17(14)28-19(20(23,24)25)30(15)10-9-29-8-7-26-11-29/h1-8,11H,9-10H2,(H,27,31). The number of aromatic nitrogens is 4. The summed E-state index contributed by atoms with van der Waals surface area (Å²) in [5.74, 6) is -1.70. The SMILES string of the molecule is O=C(Nc1cccc2c1nc(C(F)(F)F)n2CCn1ccnc1)c1c(Cl)cccc1Cl. The van der Waals surface area contributed by atoms with Gasteiger partial charge >= 0.3 is 6.18 Å². The molecule has 0 unspecified atom stereocenters. The number of benzene rings is 2. The molecule has 0 saturated heterocycles. The van der Waals surface area contributed by atoms with Gasteiger partial charge in [0.05, 0.1) is 33.1 Å².